The van der Waals surface area contributed by atoms with Crippen LogP contribution in [0.15, 0.2) is 212 Å². The first-order valence-corrected chi connectivity index (χ1v) is 19.5. The van der Waals surface area contributed by atoms with Crippen LogP contribution in [0.3, 0.4) is 0 Å². The van der Waals surface area contributed by atoms with Crippen LogP contribution in [0.1, 0.15) is 12.6 Å². The van der Waals surface area contributed by atoms with Crippen LogP contribution in [-0.2, 0) is 0 Å². The fourth-order valence-electron chi connectivity index (χ4n) is 8.18. The molecule has 3 aromatic heterocycles. The number of hydrogen-bond donors (Lipinski definition) is 0. The summed E-state index contributed by atoms with van der Waals surface area (Å²) in [6, 6.07) is 69.7. The lowest BCUT2D eigenvalue weighted by atomic mass is 9.96. The summed E-state index contributed by atoms with van der Waals surface area (Å²) in [5.41, 5.74) is 15.6. The highest BCUT2D eigenvalue weighted by Gasteiger charge is 2.18. The van der Waals surface area contributed by atoms with Gasteiger partial charge in [0.05, 0.1) is 33.6 Å². The number of para-hydroxylation sites is 3. The monoisotopic (exact) mass is 729 g/mol. The zero-order valence-corrected chi connectivity index (χ0v) is 31.6. The van der Waals surface area contributed by atoms with Crippen LogP contribution in [0.5, 0.6) is 0 Å². The molecule has 0 fully saturated rings. The molecule has 0 unspecified atom stereocenters. The zero-order valence-electron chi connectivity index (χ0n) is 31.6. The van der Waals surface area contributed by atoms with Gasteiger partial charge < -0.3 is 9.13 Å². The number of nitrogens with zero attached hydrogens (tertiary/aromatic N) is 3. The first-order chi connectivity index (χ1) is 28.2. The Labute approximate surface area is 332 Å². The molecule has 0 aliphatic rings. The summed E-state index contributed by atoms with van der Waals surface area (Å²) in [4.78, 5) is 5.13. The Balaban J connectivity index is 1.17. The average Bonchev–Trinajstić information content (AvgIpc) is 3.82. The minimum atomic E-state index is 0.954. The van der Waals surface area contributed by atoms with E-state index in [0.717, 1.165) is 61.8 Å². The Morgan fingerprint density at radius 2 is 0.982 bits per heavy atom. The molecule has 7 aromatic carbocycles. The summed E-state index contributed by atoms with van der Waals surface area (Å²) in [7, 11) is 0. The molecule has 270 valence electrons. The second kappa shape index (κ2) is 14.6. The maximum atomic E-state index is 5.13. The molecule has 0 amide bonds. The van der Waals surface area contributed by atoms with Gasteiger partial charge in [-0.25, -0.2) is 4.98 Å². The van der Waals surface area contributed by atoms with Gasteiger partial charge in [0.2, 0.25) is 0 Å². The summed E-state index contributed by atoms with van der Waals surface area (Å²) in [5, 5.41) is 3.69. The number of pyridine rings is 1. The lowest BCUT2D eigenvalue weighted by Crippen LogP contribution is -2.01. The van der Waals surface area contributed by atoms with Crippen molar-refractivity contribution in [3.63, 3.8) is 0 Å². The predicted octanol–water partition coefficient (Wildman–Crippen LogP) is 14.4. The van der Waals surface area contributed by atoms with Gasteiger partial charge in [0, 0.05) is 44.2 Å². The van der Waals surface area contributed by atoms with Crippen molar-refractivity contribution in [2.24, 2.45) is 0 Å². The van der Waals surface area contributed by atoms with Gasteiger partial charge >= 0.3 is 0 Å². The van der Waals surface area contributed by atoms with Crippen molar-refractivity contribution in [2.75, 3.05) is 0 Å². The number of benzene rings is 7. The van der Waals surface area contributed by atoms with Crippen molar-refractivity contribution in [1.82, 2.24) is 14.1 Å². The Kier molecular flexibility index (Phi) is 8.74. The van der Waals surface area contributed by atoms with Gasteiger partial charge in [0.15, 0.2) is 0 Å². The van der Waals surface area contributed by atoms with E-state index < -0.39 is 0 Å². The molecule has 0 bridgehead atoms. The maximum absolute atomic E-state index is 5.13. The molecular weight excluding hydrogens is 691 g/mol. The largest absolute Gasteiger partial charge is 0.310 e. The van der Waals surface area contributed by atoms with Crippen LogP contribution in [0.25, 0.3) is 94.9 Å². The van der Waals surface area contributed by atoms with E-state index in [2.05, 4.69) is 215 Å². The molecular formula is C54H39N3. The van der Waals surface area contributed by atoms with E-state index in [-0.39, 0.29) is 0 Å². The maximum Gasteiger partial charge on any atom is 0.0715 e. The second-order valence-corrected chi connectivity index (χ2v) is 14.4. The van der Waals surface area contributed by atoms with Crippen LogP contribution in [0.4, 0.5) is 0 Å². The van der Waals surface area contributed by atoms with Crippen molar-refractivity contribution in [2.45, 2.75) is 6.92 Å². The fourth-order valence-corrected chi connectivity index (χ4v) is 8.18. The Morgan fingerprint density at radius 3 is 1.61 bits per heavy atom. The SMILES string of the molecule is C/C=C\C=C/c1cc2ccccc2n1-c1ccc(-n2c3ccccc3c3ccccc32)c(-c2ccc(-c3cc(-c4ccccc4)nc(-c4ccccc4)c3)cc2)c1. The molecule has 0 aliphatic heterocycles. The summed E-state index contributed by atoms with van der Waals surface area (Å²) < 4.78 is 4.80. The summed E-state index contributed by atoms with van der Waals surface area (Å²) in [6.07, 6.45) is 8.44. The van der Waals surface area contributed by atoms with Crippen molar-refractivity contribution >= 4 is 38.8 Å². The molecule has 57 heavy (non-hydrogen) atoms. The predicted molar refractivity (Wildman–Crippen MR) is 241 cm³/mol. The number of aromatic nitrogens is 3. The molecule has 3 nitrogen and oxygen atoms in total. The van der Waals surface area contributed by atoms with Crippen LogP contribution in [0, 0.1) is 0 Å². The summed E-state index contributed by atoms with van der Waals surface area (Å²) in [5.74, 6) is 0. The number of rotatable bonds is 8. The summed E-state index contributed by atoms with van der Waals surface area (Å²) >= 11 is 0. The van der Waals surface area contributed by atoms with Gasteiger partial charge in [0.25, 0.3) is 0 Å². The van der Waals surface area contributed by atoms with E-state index in [0.29, 0.717) is 0 Å². The van der Waals surface area contributed by atoms with E-state index in [1.165, 1.54) is 32.7 Å². The highest BCUT2D eigenvalue weighted by molar-refractivity contribution is 6.09. The number of fused-ring (bicyclic) bond motifs is 4. The summed E-state index contributed by atoms with van der Waals surface area (Å²) in [6.45, 7) is 2.05. The number of allylic oxidation sites excluding steroid dienone is 3. The van der Waals surface area contributed by atoms with E-state index >= 15 is 0 Å². The lowest BCUT2D eigenvalue weighted by Gasteiger charge is -2.18. The molecule has 0 saturated heterocycles. The molecule has 3 heteroatoms. The zero-order chi connectivity index (χ0) is 38.1. The molecule has 0 aliphatic carbocycles. The van der Waals surface area contributed by atoms with Crippen molar-refractivity contribution < 1.29 is 0 Å². The average molecular weight is 730 g/mol. The third-order valence-electron chi connectivity index (χ3n) is 10.9. The smallest absolute Gasteiger partial charge is 0.0715 e. The van der Waals surface area contributed by atoms with E-state index in [4.69, 9.17) is 4.98 Å². The van der Waals surface area contributed by atoms with Crippen molar-refractivity contribution in [3.05, 3.63) is 218 Å². The Bertz CT molecular complexity index is 3000. The highest BCUT2D eigenvalue weighted by atomic mass is 15.0. The molecule has 0 N–H and O–H groups in total. The first kappa shape index (κ1) is 34.0. The third kappa shape index (κ3) is 6.26. The Morgan fingerprint density at radius 1 is 0.421 bits per heavy atom. The van der Waals surface area contributed by atoms with Crippen LogP contribution in [-0.4, -0.2) is 14.1 Å². The minimum absolute atomic E-state index is 0.954. The molecule has 0 spiro atoms. The number of hydrogen-bond acceptors (Lipinski definition) is 1. The van der Waals surface area contributed by atoms with Gasteiger partial charge in [-0.2, -0.15) is 0 Å². The molecule has 10 aromatic rings. The fraction of sp³-hybridized carbons (Fsp3) is 0.0185. The molecule has 0 radical (unpaired) electrons. The van der Waals surface area contributed by atoms with Crippen molar-refractivity contribution in [3.8, 4) is 56.1 Å². The van der Waals surface area contributed by atoms with Gasteiger partial charge in [-0.3, -0.25) is 0 Å². The van der Waals surface area contributed by atoms with E-state index in [1.807, 2.05) is 19.1 Å². The normalized spacial score (nSPS) is 11.8. The quantitative estimate of drug-likeness (QED) is 0.143. The molecule has 10 rings (SSSR count). The van der Waals surface area contributed by atoms with Crippen LogP contribution < -0.4 is 0 Å². The van der Waals surface area contributed by atoms with Crippen molar-refractivity contribution in [1.29, 1.82) is 0 Å². The third-order valence-corrected chi connectivity index (χ3v) is 10.9. The van der Waals surface area contributed by atoms with Gasteiger partial charge in [0.1, 0.15) is 0 Å². The van der Waals surface area contributed by atoms with Gasteiger partial charge in [-0.05, 0) is 84.3 Å². The highest BCUT2D eigenvalue weighted by Crippen LogP contribution is 2.39. The minimum Gasteiger partial charge on any atom is -0.310 e. The van der Waals surface area contributed by atoms with Crippen LogP contribution in [0.2, 0.25) is 0 Å². The Hall–Kier alpha value is -7.49. The lowest BCUT2D eigenvalue weighted by molar-refractivity contribution is 1.10. The van der Waals surface area contributed by atoms with Gasteiger partial charge in [-0.15, -0.1) is 0 Å². The van der Waals surface area contributed by atoms with Gasteiger partial charge in [-0.1, -0.05) is 158 Å². The molecule has 0 saturated carbocycles. The molecule has 0 atom stereocenters. The molecule has 3 heterocycles. The van der Waals surface area contributed by atoms with Crippen LogP contribution >= 0.6 is 0 Å². The van der Waals surface area contributed by atoms with E-state index in [9.17, 15) is 0 Å². The standard InChI is InChI=1S/C54H39N3/c1-2-3-6-22-44-34-42-21-11-14-25-51(42)56(44)45-32-33-54(57-52-26-15-12-23-46(52)47-24-13-16-27-53(47)57)48(37-45)39-30-28-38(29-31-39)43-35-49(40-17-7-4-8-18-40)55-50(36-43)41-19-9-5-10-20-41/h2-37H,1H3/b3-2-,22-6-. The second-order valence-electron chi connectivity index (χ2n) is 14.4. The topological polar surface area (TPSA) is 22.8 Å². The first-order valence-electron chi connectivity index (χ1n) is 19.5. The van der Waals surface area contributed by atoms with E-state index in [1.54, 1.807) is 0 Å².